The number of fused-ring (bicyclic) bond motifs is 1. The summed E-state index contributed by atoms with van der Waals surface area (Å²) in [5.74, 6) is -0.285. The average molecular weight is 322 g/mol. The first-order chi connectivity index (χ1) is 10.2. The molecular weight excluding hydrogens is 302 g/mol. The van der Waals surface area contributed by atoms with Crippen molar-refractivity contribution in [2.75, 3.05) is 5.73 Å². The molecule has 0 aliphatic rings. The standard InChI is InChI=1S/C16H20ClN3O2/c1-16(2,3)22-14(21)7-5-6-10-11-9-20(4)19-13(11)8-12(17)15(10)18/h5-6,8-9H,7,18H2,1-4H3/b6-5+. The number of nitrogens with two attached hydrogens (primary N) is 1. The van der Waals surface area contributed by atoms with Gasteiger partial charge in [0.2, 0.25) is 0 Å². The zero-order chi connectivity index (χ0) is 16.5. The molecule has 0 aliphatic carbocycles. The van der Waals surface area contributed by atoms with Gasteiger partial charge in [-0.1, -0.05) is 23.8 Å². The molecule has 0 spiro atoms. The van der Waals surface area contributed by atoms with Crippen molar-refractivity contribution in [3.05, 3.63) is 28.9 Å². The number of carbonyl (C=O) groups is 1. The summed E-state index contributed by atoms with van der Waals surface area (Å²) >= 11 is 6.13. The van der Waals surface area contributed by atoms with E-state index in [-0.39, 0.29) is 12.4 Å². The van der Waals surface area contributed by atoms with E-state index in [0.29, 0.717) is 10.7 Å². The van der Waals surface area contributed by atoms with E-state index in [1.54, 1.807) is 22.9 Å². The van der Waals surface area contributed by atoms with Crippen LogP contribution in [0.2, 0.25) is 5.02 Å². The van der Waals surface area contributed by atoms with E-state index in [0.717, 1.165) is 16.5 Å². The number of anilines is 1. The van der Waals surface area contributed by atoms with E-state index in [1.807, 2.05) is 34.0 Å². The van der Waals surface area contributed by atoms with Crippen molar-refractivity contribution in [3.63, 3.8) is 0 Å². The molecule has 2 N–H and O–H groups in total. The molecule has 0 atom stereocenters. The zero-order valence-corrected chi connectivity index (χ0v) is 13.9. The van der Waals surface area contributed by atoms with Gasteiger partial charge in [0.05, 0.1) is 22.6 Å². The Morgan fingerprint density at radius 3 is 2.82 bits per heavy atom. The third-order valence-corrected chi connectivity index (χ3v) is 3.26. The maximum atomic E-state index is 11.7. The fourth-order valence-corrected chi connectivity index (χ4v) is 2.33. The molecule has 2 rings (SSSR count). The number of hydrogen-bond acceptors (Lipinski definition) is 4. The number of halogens is 1. The SMILES string of the molecule is Cn1cc2c(/C=C/CC(=O)OC(C)(C)C)c(N)c(Cl)cc2n1. The Morgan fingerprint density at radius 1 is 1.50 bits per heavy atom. The second kappa shape index (κ2) is 6.01. The molecule has 0 amide bonds. The number of ether oxygens (including phenoxy) is 1. The predicted molar refractivity (Wildman–Crippen MR) is 89.6 cm³/mol. The second-order valence-corrected chi connectivity index (χ2v) is 6.52. The first kappa shape index (κ1) is 16.4. The van der Waals surface area contributed by atoms with Crippen molar-refractivity contribution in [2.45, 2.75) is 32.8 Å². The molecule has 1 aromatic heterocycles. The summed E-state index contributed by atoms with van der Waals surface area (Å²) < 4.78 is 6.96. The number of nitrogen functional groups attached to an aromatic ring is 1. The van der Waals surface area contributed by atoms with Crippen LogP contribution in [0.25, 0.3) is 17.0 Å². The summed E-state index contributed by atoms with van der Waals surface area (Å²) in [7, 11) is 1.83. The summed E-state index contributed by atoms with van der Waals surface area (Å²) in [5.41, 5.74) is 7.55. The number of hydrogen-bond donors (Lipinski definition) is 1. The molecule has 1 heterocycles. The smallest absolute Gasteiger partial charge is 0.310 e. The highest BCUT2D eigenvalue weighted by atomic mass is 35.5. The van der Waals surface area contributed by atoms with Crippen LogP contribution in [0.5, 0.6) is 0 Å². The molecule has 6 heteroatoms. The summed E-state index contributed by atoms with van der Waals surface area (Å²) in [6.07, 6.45) is 5.55. The fourth-order valence-electron chi connectivity index (χ4n) is 2.13. The van der Waals surface area contributed by atoms with E-state index in [1.165, 1.54) is 0 Å². The van der Waals surface area contributed by atoms with Gasteiger partial charge in [-0.05, 0) is 26.8 Å². The molecule has 0 bridgehead atoms. The molecule has 118 valence electrons. The number of aryl methyl sites for hydroxylation is 1. The Bertz CT molecular complexity index is 742. The molecule has 22 heavy (non-hydrogen) atoms. The Hall–Kier alpha value is -2.01. The van der Waals surface area contributed by atoms with Crippen LogP contribution in [0.3, 0.4) is 0 Å². The van der Waals surface area contributed by atoms with Crippen LogP contribution in [0.15, 0.2) is 18.3 Å². The summed E-state index contributed by atoms with van der Waals surface area (Å²) in [4.78, 5) is 11.7. The van der Waals surface area contributed by atoms with Crippen LogP contribution in [0.1, 0.15) is 32.8 Å². The summed E-state index contributed by atoms with van der Waals surface area (Å²) in [5, 5.41) is 5.66. The monoisotopic (exact) mass is 321 g/mol. The zero-order valence-electron chi connectivity index (χ0n) is 13.2. The average Bonchev–Trinajstić information content (AvgIpc) is 2.72. The van der Waals surface area contributed by atoms with Crippen LogP contribution in [-0.2, 0) is 16.6 Å². The van der Waals surface area contributed by atoms with Crippen LogP contribution < -0.4 is 5.73 Å². The van der Waals surface area contributed by atoms with Crippen molar-refractivity contribution in [2.24, 2.45) is 7.05 Å². The minimum Gasteiger partial charge on any atom is -0.460 e. The largest absolute Gasteiger partial charge is 0.460 e. The van der Waals surface area contributed by atoms with Gasteiger partial charge in [0.1, 0.15) is 5.60 Å². The third kappa shape index (κ3) is 3.80. The summed E-state index contributed by atoms with van der Waals surface area (Å²) in [6.45, 7) is 5.51. The lowest BCUT2D eigenvalue weighted by atomic mass is 10.1. The van der Waals surface area contributed by atoms with Crippen LogP contribution in [0.4, 0.5) is 5.69 Å². The molecular formula is C16H20ClN3O2. The van der Waals surface area contributed by atoms with Crippen LogP contribution >= 0.6 is 11.6 Å². The minimum atomic E-state index is -0.489. The first-order valence-electron chi connectivity index (χ1n) is 6.97. The van der Waals surface area contributed by atoms with Gasteiger partial charge >= 0.3 is 5.97 Å². The van der Waals surface area contributed by atoms with Crippen molar-refractivity contribution >= 4 is 40.2 Å². The number of aromatic nitrogens is 2. The lowest BCUT2D eigenvalue weighted by molar-refractivity contribution is -0.153. The Kier molecular flexibility index (Phi) is 4.47. The predicted octanol–water partition coefficient (Wildman–Crippen LogP) is 3.55. The highest BCUT2D eigenvalue weighted by Gasteiger charge is 2.15. The molecule has 0 saturated carbocycles. The van der Waals surface area contributed by atoms with Crippen molar-refractivity contribution in [1.29, 1.82) is 0 Å². The lowest BCUT2D eigenvalue weighted by Gasteiger charge is -2.18. The van der Waals surface area contributed by atoms with Gasteiger partial charge < -0.3 is 10.5 Å². The van der Waals surface area contributed by atoms with E-state index in [2.05, 4.69) is 5.10 Å². The molecule has 0 radical (unpaired) electrons. The van der Waals surface area contributed by atoms with Gasteiger partial charge in [0.25, 0.3) is 0 Å². The van der Waals surface area contributed by atoms with Gasteiger partial charge in [-0.3, -0.25) is 9.48 Å². The van der Waals surface area contributed by atoms with Crippen molar-refractivity contribution in [1.82, 2.24) is 9.78 Å². The van der Waals surface area contributed by atoms with E-state index < -0.39 is 5.60 Å². The number of nitrogens with zero attached hydrogens (tertiary/aromatic N) is 2. The molecule has 1 aromatic carbocycles. The molecule has 2 aromatic rings. The van der Waals surface area contributed by atoms with Crippen molar-refractivity contribution < 1.29 is 9.53 Å². The number of carbonyl (C=O) groups excluding carboxylic acids is 1. The topological polar surface area (TPSA) is 70.1 Å². The van der Waals surface area contributed by atoms with Crippen LogP contribution in [0, 0.1) is 0 Å². The van der Waals surface area contributed by atoms with Gasteiger partial charge in [0.15, 0.2) is 0 Å². The maximum absolute atomic E-state index is 11.7. The van der Waals surface area contributed by atoms with Gasteiger partial charge in [-0.2, -0.15) is 5.10 Å². The second-order valence-electron chi connectivity index (χ2n) is 6.11. The highest BCUT2D eigenvalue weighted by Crippen LogP contribution is 2.31. The Morgan fingerprint density at radius 2 is 2.18 bits per heavy atom. The Balaban J connectivity index is 2.26. The quantitative estimate of drug-likeness (QED) is 0.693. The van der Waals surface area contributed by atoms with E-state index in [4.69, 9.17) is 22.1 Å². The molecule has 0 unspecified atom stereocenters. The lowest BCUT2D eigenvalue weighted by Crippen LogP contribution is -2.23. The fraction of sp³-hybridized carbons (Fsp3) is 0.375. The molecule has 0 saturated heterocycles. The molecule has 0 aliphatic heterocycles. The summed E-state index contributed by atoms with van der Waals surface area (Å²) in [6, 6.07) is 1.73. The van der Waals surface area contributed by atoms with Gasteiger partial charge in [-0.15, -0.1) is 0 Å². The van der Waals surface area contributed by atoms with Gasteiger partial charge in [-0.25, -0.2) is 0 Å². The Labute approximate surface area is 134 Å². The van der Waals surface area contributed by atoms with Crippen molar-refractivity contribution in [3.8, 4) is 0 Å². The highest BCUT2D eigenvalue weighted by molar-refractivity contribution is 6.34. The van der Waals surface area contributed by atoms with E-state index in [9.17, 15) is 4.79 Å². The molecule has 0 fully saturated rings. The first-order valence-corrected chi connectivity index (χ1v) is 7.35. The van der Waals surface area contributed by atoms with E-state index >= 15 is 0 Å². The molecule has 5 nitrogen and oxygen atoms in total. The normalized spacial score (nSPS) is 12.2. The van der Waals surface area contributed by atoms with Gasteiger partial charge in [0, 0.05) is 24.2 Å². The third-order valence-electron chi connectivity index (χ3n) is 2.95. The van der Waals surface area contributed by atoms with Crippen LogP contribution in [-0.4, -0.2) is 21.4 Å². The maximum Gasteiger partial charge on any atom is 0.310 e. The minimum absolute atomic E-state index is 0.172. The number of rotatable bonds is 3. The number of benzene rings is 1. The number of esters is 1.